The van der Waals surface area contributed by atoms with E-state index in [1.807, 2.05) is 24.1 Å². The predicted molar refractivity (Wildman–Crippen MR) is 152 cm³/mol. The van der Waals surface area contributed by atoms with E-state index in [2.05, 4.69) is 20.6 Å². The molecule has 2 aromatic heterocycles. The van der Waals surface area contributed by atoms with Crippen molar-refractivity contribution in [3.63, 3.8) is 0 Å². The molecule has 40 heavy (non-hydrogen) atoms. The molecule has 2 aliphatic rings. The number of methoxy groups -OCH3 is 1. The number of nitrogens with zero attached hydrogens (tertiary/aromatic N) is 6. The summed E-state index contributed by atoms with van der Waals surface area (Å²) < 4.78 is 28.9. The van der Waals surface area contributed by atoms with Crippen LogP contribution in [0.2, 0.25) is 0 Å². The van der Waals surface area contributed by atoms with Crippen LogP contribution in [-0.2, 0) is 27.6 Å². The van der Waals surface area contributed by atoms with E-state index in [0.29, 0.717) is 43.6 Å². The average molecular weight is 573 g/mol. The Balaban J connectivity index is 0.00000462. The molecular formula is C26H36N8O5S. The monoisotopic (exact) mass is 572 g/mol. The summed E-state index contributed by atoms with van der Waals surface area (Å²) in [6.45, 7) is 4.27. The minimum absolute atomic E-state index is 0. The summed E-state index contributed by atoms with van der Waals surface area (Å²) in [5.74, 6) is 0.951. The van der Waals surface area contributed by atoms with Crippen LogP contribution in [0.1, 0.15) is 31.5 Å². The zero-order valence-electron chi connectivity index (χ0n) is 23.1. The number of urea groups is 1. The Morgan fingerprint density at radius 1 is 1.30 bits per heavy atom. The highest BCUT2D eigenvalue weighted by atomic mass is 32.2. The number of carbonyl (C=O) groups excluding carboxylic acids is 2. The van der Waals surface area contributed by atoms with E-state index in [1.165, 1.54) is 24.3 Å². The molecule has 0 bridgehead atoms. The molecule has 1 atom stereocenters. The summed E-state index contributed by atoms with van der Waals surface area (Å²) in [5.41, 5.74) is 2.25. The van der Waals surface area contributed by atoms with Gasteiger partial charge in [-0.2, -0.15) is 10.2 Å². The SMILES string of the molecule is COc1nc2c(cc1CN1CCN(C)CC1=O)CCCN2C(=O)Nc1cc(N[C@H](C)CS(C)(=O)=O)c(C#N)cn1.[HH]. The molecule has 0 aromatic carbocycles. The third-order valence-electron chi connectivity index (χ3n) is 6.72. The van der Waals surface area contributed by atoms with Gasteiger partial charge in [0.25, 0.3) is 0 Å². The van der Waals surface area contributed by atoms with Gasteiger partial charge in [0.1, 0.15) is 27.5 Å². The van der Waals surface area contributed by atoms with Crippen LogP contribution in [0.4, 0.5) is 22.1 Å². The molecule has 216 valence electrons. The van der Waals surface area contributed by atoms with Crippen LogP contribution in [0, 0.1) is 11.3 Å². The Morgan fingerprint density at radius 3 is 2.75 bits per heavy atom. The Hall–Kier alpha value is -3.96. The summed E-state index contributed by atoms with van der Waals surface area (Å²) in [5, 5.41) is 15.2. The minimum atomic E-state index is -3.23. The lowest BCUT2D eigenvalue weighted by Crippen LogP contribution is -2.48. The number of anilines is 3. The Labute approximate surface area is 235 Å². The van der Waals surface area contributed by atoms with E-state index in [9.17, 15) is 23.3 Å². The number of nitriles is 1. The summed E-state index contributed by atoms with van der Waals surface area (Å²) in [6.07, 6.45) is 3.91. The molecule has 2 aliphatic heterocycles. The highest BCUT2D eigenvalue weighted by Crippen LogP contribution is 2.32. The van der Waals surface area contributed by atoms with Crippen LogP contribution in [-0.4, -0.2) is 98.5 Å². The normalized spacial score (nSPS) is 16.6. The van der Waals surface area contributed by atoms with Crippen molar-refractivity contribution in [3.8, 4) is 11.9 Å². The van der Waals surface area contributed by atoms with Gasteiger partial charge in [-0.3, -0.25) is 19.9 Å². The lowest BCUT2D eigenvalue weighted by atomic mass is 10.0. The van der Waals surface area contributed by atoms with E-state index >= 15 is 0 Å². The van der Waals surface area contributed by atoms with Gasteiger partial charge in [0.15, 0.2) is 0 Å². The standard InChI is InChI=1S/C26H34N8O5S.H2/c1-17(16-40(4,37)38)29-21-11-22(28-13-20(21)12-27)30-26(36)34-7-5-6-18-10-19(25(39-3)31-24(18)34)14-33-9-8-32(2)15-23(33)35;/h10-11,13,17H,5-9,14-16H2,1-4H3,(H2,28,29,30,36);1H/t17-;/m1./s1. The zero-order chi connectivity index (χ0) is 29.0. The van der Waals surface area contributed by atoms with Crippen molar-refractivity contribution in [2.24, 2.45) is 0 Å². The molecule has 14 heteroatoms. The van der Waals surface area contributed by atoms with Gasteiger partial charge in [0.05, 0.1) is 37.2 Å². The first-order valence-electron chi connectivity index (χ1n) is 12.9. The molecule has 0 spiro atoms. The fourth-order valence-electron chi connectivity index (χ4n) is 4.88. The number of amides is 3. The molecule has 3 amide bonds. The number of nitrogens with one attached hydrogen (secondary N) is 2. The van der Waals surface area contributed by atoms with Crippen molar-refractivity contribution >= 4 is 39.1 Å². The van der Waals surface area contributed by atoms with Crippen molar-refractivity contribution in [3.05, 3.63) is 35.0 Å². The average Bonchev–Trinajstić information content (AvgIpc) is 2.88. The molecule has 4 rings (SSSR count). The third kappa shape index (κ3) is 6.97. The Morgan fingerprint density at radius 2 is 2.08 bits per heavy atom. The highest BCUT2D eigenvalue weighted by Gasteiger charge is 2.29. The van der Waals surface area contributed by atoms with E-state index in [-0.39, 0.29) is 24.5 Å². The Bertz CT molecular complexity index is 1450. The molecule has 2 N–H and O–H groups in total. The van der Waals surface area contributed by atoms with Crippen LogP contribution < -0.4 is 20.3 Å². The highest BCUT2D eigenvalue weighted by molar-refractivity contribution is 7.90. The van der Waals surface area contributed by atoms with Gasteiger partial charge < -0.3 is 15.0 Å². The minimum Gasteiger partial charge on any atom is -0.481 e. The molecule has 1 fully saturated rings. The number of aromatic nitrogens is 2. The van der Waals surface area contributed by atoms with Gasteiger partial charge in [0, 0.05) is 51.2 Å². The van der Waals surface area contributed by atoms with Crippen molar-refractivity contribution in [2.75, 3.05) is 67.9 Å². The van der Waals surface area contributed by atoms with Crippen LogP contribution in [0.3, 0.4) is 0 Å². The fraction of sp³-hybridized carbons (Fsp3) is 0.500. The number of carbonyl (C=O) groups is 2. The molecule has 0 saturated carbocycles. The van der Waals surface area contributed by atoms with Gasteiger partial charge in [-0.05, 0) is 38.4 Å². The number of hydrogen-bond donors (Lipinski definition) is 2. The number of hydrogen-bond acceptors (Lipinski definition) is 10. The number of fused-ring (bicyclic) bond motifs is 1. The molecule has 1 saturated heterocycles. The number of likely N-dealkylation sites (N-methyl/N-ethyl adjacent to an activating group) is 1. The van der Waals surface area contributed by atoms with Gasteiger partial charge in [-0.1, -0.05) is 0 Å². The molecule has 0 unspecified atom stereocenters. The van der Waals surface area contributed by atoms with E-state index in [1.54, 1.807) is 11.8 Å². The number of piperazine rings is 1. The predicted octanol–water partition coefficient (Wildman–Crippen LogP) is 1.71. The first-order chi connectivity index (χ1) is 19.0. The van der Waals surface area contributed by atoms with Gasteiger partial charge >= 0.3 is 6.03 Å². The largest absolute Gasteiger partial charge is 0.481 e. The van der Waals surface area contributed by atoms with E-state index in [0.717, 1.165) is 36.8 Å². The van der Waals surface area contributed by atoms with Gasteiger partial charge in [-0.15, -0.1) is 0 Å². The smallest absolute Gasteiger partial charge is 0.328 e. The van der Waals surface area contributed by atoms with Crippen molar-refractivity contribution in [1.82, 2.24) is 19.8 Å². The first kappa shape index (κ1) is 29.0. The van der Waals surface area contributed by atoms with Crippen LogP contribution >= 0.6 is 0 Å². The zero-order valence-corrected chi connectivity index (χ0v) is 23.9. The first-order valence-corrected chi connectivity index (χ1v) is 15.0. The molecular weight excluding hydrogens is 536 g/mol. The summed E-state index contributed by atoms with van der Waals surface area (Å²) in [7, 11) is 0.195. The lowest BCUT2D eigenvalue weighted by Gasteiger charge is -2.33. The second kappa shape index (κ2) is 12.1. The maximum atomic E-state index is 13.4. The third-order valence-corrected chi connectivity index (χ3v) is 7.83. The number of rotatable bonds is 8. The van der Waals surface area contributed by atoms with Gasteiger partial charge in [0.2, 0.25) is 11.8 Å². The number of ether oxygens (including phenoxy) is 1. The number of aryl methyl sites for hydroxylation is 1. The molecule has 2 aromatic rings. The second-order valence-electron chi connectivity index (χ2n) is 10.2. The summed E-state index contributed by atoms with van der Waals surface area (Å²) in [6, 6.07) is 4.57. The van der Waals surface area contributed by atoms with Crippen molar-refractivity contribution in [1.29, 1.82) is 5.26 Å². The number of sulfone groups is 1. The fourth-order valence-corrected chi connectivity index (χ4v) is 5.88. The topological polar surface area (TPSA) is 161 Å². The molecule has 4 heterocycles. The van der Waals surface area contributed by atoms with Crippen molar-refractivity contribution < 1.29 is 24.2 Å². The molecule has 0 aliphatic carbocycles. The number of pyridine rings is 2. The molecule has 0 radical (unpaired) electrons. The van der Waals surface area contributed by atoms with Crippen LogP contribution in [0.15, 0.2) is 18.3 Å². The summed E-state index contributed by atoms with van der Waals surface area (Å²) in [4.78, 5) is 40.0. The summed E-state index contributed by atoms with van der Waals surface area (Å²) >= 11 is 0. The van der Waals surface area contributed by atoms with Crippen molar-refractivity contribution in [2.45, 2.75) is 32.4 Å². The van der Waals surface area contributed by atoms with Gasteiger partial charge in [-0.25, -0.2) is 18.2 Å². The maximum Gasteiger partial charge on any atom is 0.328 e. The van der Waals surface area contributed by atoms with Crippen LogP contribution in [0.5, 0.6) is 5.88 Å². The van der Waals surface area contributed by atoms with E-state index in [4.69, 9.17) is 4.74 Å². The second-order valence-corrected chi connectivity index (χ2v) is 12.4. The Kier molecular flexibility index (Phi) is 8.75. The maximum absolute atomic E-state index is 13.4. The van der Waals surface area contributed by atoms with E-state index < -0.39 is 21.9 Å². The lowest BCUT2D eigenvalue weighted by molar-refractivity contribution is -0.136. The quantitative estimate of drug-likeness (QED) is 0.476. The molecule has 13 nitrogen and oxygen atoms in total. The van der Waals surface area contributed by atoms with Crippen LogP contribution in [0.25, 0.3) is 0 Å².